The Kier molecular flexibility index (Phi) is 6.20. The van der Waals surface area contributed by atoms with Crippen LogP contribution in [0.1, 0.15) is 41.4 Å². The maximum absolute atomic E-state index is 12.2. The van der Waals surface area contributed by atoms with Crippen LogP contribution in [0.3, 0.4) is 0 Å². The second kappa shape index (κ2) is 7.47. The van der Waals surface area contributed by atoms with E-state index >= 15 is 0 Å². The third-order valence-electron chi connectivity index (χ3n) is 3.52. The predicted octanol–water partition coefficient (Wildman–Crippen LogP) is 2.14. The lowest BCUT2D eigenvalue weighted by Gasteiger charge is -2.14. The van der Waals surface area contributed by atoms with Crippen molar-refractivity contribution in [1.29, 1.82) is 0 Å². The Morgan fingerprint density at radius 3 is 2.86 bits per heavy atom. The van der Waals surface area contributed by atoms with E-state index in [4.69, 9.17) is 5.73 Å². The van der Waals surface area contributed by atoms with Gasteiger partial charge < -0.3 is 15.6 Å². The van der Waals surface area contributed by atoms with Crippen LogP contribution in [0.4, 0.5) is 5.69 Å². The number of hydrogen-bond donors (Lipinski definition) is 2. The van der Waals surface area contributed by atoms with Crippen LogP contribution in [0.15, 0.2) is 24.3 Å². The summed E-state index contributed by atoms with van der Waals surface area (Å²) < 4.78 is 2.09. The molecule has 3 rings (SSSR count). The molecule has 1 atom stereocenters. The molecule has 3 N–H and O–H groups in total. The van der Waals surface area contributed by atoms with Gasteiger partial charge >= 0.3 is 0 Å². The molecule has 22 heavy (non-hydrogen) atoms. The van der Waals surface area contributed by atoms with Gasteiger partial charge in [-0.3, -0.25) is 4.79 Å². The first-order chi connectivity index (χ1) is 9.65. The van der Waals surface area contributed by atoms with Gasteiger partial charge in [0.15, 0.2) is 5.82 Å². The number of aromatic nitrogens is 3. The second-order valence-electron chi connectivity index (χ2n) is 5.05. The number of amides is 1. The van der Waals surface area contributed by atoms with Crippen LogP contribution in [0, 0.1) is 0 Å². The summed E-state index contributed by atoms with van der Waals surface area (Å²) in [6.07, 6.45) is 2.05. The lowest BCUT2D eigenvalue weighted by atomic mass is 10.2. The van der Waals surface area contributed by atoms with E-state index in [1.807, 2.05) is 6.92 Å². The Hall–Kier alpha value is -1.79. The highest BCUT2D eigenvalue weighted by molar-refractivity contribution is 5.95. The van der Waals surface area contributed by atoms with Crippen LogP contribution in [-0.2, 0) is 13.0 Å². The van der Waals surface area contributed by atoms with E-state index in [-0.39, 0.29) is 36.8 Å². The van der Waals surface area contributed by atoms with Gasteiger partial charge in [-0.2, -0.15) is 0 Å². The van der Waals surface area contributed by atoms with Gasteiger partial charge in [0.05, 0.1) is 6.04 Å². The summed E-state index contributed by atoms with van der Waals surface area (Å²) in [5, 5.41) is 11.3. The number of fused-ring (bicyclic) bond motifs is 1. The summed E-state index contributed by atoms with van der Waals surface area (Å²) in [5.74, 6) is 1.67. The number of halogens is 2. The van der Waals surface area contributed by atoms with Gasteiger partial charge in [0.25, 0.3) is 5.91 Å². The van der Waals surface area contributed by atoms with Gasteiger partial charge in [-0.05, 0) is 31.5 Å². The monoisotopic (exact) mass is 343 g/mol. The number of aryl methyl sites for hydroxylation is 1. The summed E-state index contributed by atoms with van der Waals surface area (Å²) in [6.45, 7) is 2.84. The van der Waals surface area contributed by atoms with Crippen LogP contribution < -0.4 is 11.1 Å². The van der Waals surface area contributed by atoms with Crippen molar-refractivity contribution in [3.63, 3.8) is 0 Å². The van der Waals surface area contributed by atoms with E-state index in [0.29, 0.717) is 11.3 Å². The molecule has 1 unspecified atom stereocenters. The SMILES string of the molecule is CC(NC(=O)c1cccc(N)c1)c1nnc2n1CCC2.Cl.Cl. The Balaban J connectivity index is 0.00000121. The van der Waals surface area contributed by atoms with Crippen molar-refractivity contribution in [2.45, 2.75) is 32.4 Å². The minimum atomic E-state index is -0.178. The molecule has 2 heterocycles. The molecule has 120 valence electrons. The van der Waals surface area contributed by atoms with Crippen molar-refractivity contribution in [2.24, 2.45) is 0 Å². The van der Waals surface area contributed by atoms with Gasteiger partial charge in [-0.15, -0.1) is 35.0 Å². The lowest BCUT2D eigenvalue weighted by Crippen LogP contribution is -2.28. The lowest BCUT2D eigenvalue weighted by molar-refractivity contribution is 0.0937. The molecule has 6 nitrogen and oxygen atoms in total. The van der Waals surface area contributed by atoms with Gasteiger partial charge in [0.1, 0.15) is 5.82 Å². The van der Waals surface area contributed by atoms with E-state index in [2.05, 4.69) is 20.1 Å². The highest BCUT2D eigenvalue weighted by Gasteiger charge is 2.22. The van der Waals surface area contributed by atoms with E-state index in [1.54, 1.807) is 24.3 Å². The van der Waals surface area contributed by atoms with Crippen molar-refractivity contribution in [3.8, 4) is 0 Å². The van der Waals surface area contributed by atoms with E-state index in [1.165, 1.54) is 0 Å². The van der Waals surface area contributed by atoms with Crippen LogP contribution in [0.5, 0.6) is 0 Å². The summed E-state index contributed by atoms with van der Waals surface area (Å²) in [7, 11) is 0. The van der Waals surface area contributed by atoms with Gasteiger partial charge in [0.2, 0.25) is 0 Å². The first-order valence-electron chi connectivity index (χ1n) is 6.73. The Morgan fingerprint density at radius 1 is 1.36 bits per heavy atom. The number of anilines is 1. The fraction of sp³-hybridized carbons (Fsp3) is 0.357. The summed E-state index contributed by atoms with van der Waals surface area (Å²) in [5.41, 5.74) is 6.82. The molecule has 0 bridgehead atoms. The minimum Gasteiger partial charge on any atom is -0.399 e. The average molecular weight is 344 g/mol. The number of benzene rings is 1. The summed E-state index contributed by atoms with van der Waals surface area (Å²) in [4.78, 5) is 12.2. The zero-order chi connectivity index (χ0) is 14.1. The smallest absolute Gasteiger partial charge is 0.251 e. The van der Waals surface area contributed by atoms with Gasteiger partial charge in [0, 0.05) is 24.2 Å². The number of nitrogens with zero attached hydrogens (tertiary/aromatic N) is 3. The number of hydrogen-bond acceptors (Lipinski definition) is 4. The summed E-state index contributed by atoms with van der Waals surface area (Å²) >= 11 is 0. The van der Waals surface area contributed by atoms with Crippen molar-refractivity contribution in [3.05, 3.63) is 41.5 Å². The minimum absolute atomic E-state index is 0. The molecule has 0 fully saturated rings. The molecule has 8 heteroatoms. The maximum Gasteiger partial charge on any atom is 0.251 e. The number of rotatable bonds is 3. The highest BCUT2D eigenvalue weighted by atomic mass is 35.5. The molecule has 0 aliphatic carbocycles. The number of nitrogen functional groups attached to an aromatic ring is 1. The second-order valence-corrected chi connectivity index (χ2v) is 5.05. The third kappa shape index (κ3) is 3.51. The normalized spacial score (nSPS) is 13.5. The zero-order valence-electron chi connectivity index (χ0n) is 12.2. The van der Waals surface area contributed by atoms with E-state index in [0.717, 1.165) is 31.0 Å². The number of carbonyl (C=O) groups is 1. The number of nitrogens with two attached hydrogens (primary N) is 1. The van der Waals surface area contributed by atoms with E-state index < -0.39 is 0 Å². The molecular weight excluding hydrogens is 325 g/mol. The first kappa shape index (κ1) is 18.3. The summed E-state index contributed by atoms with van der Waals surface area (Å²) in [6, 6.07) is 6.75. The fourth-order valence-corrected chi connectivity index (χ4v) is 2.52. The van der Waals surface area contributed by atoms with Crippen molar-refractivity contribution < 1.29 is 4.79 Å². The van der Waals surface area contributed by atoms with Crippen LogP contribution in [-0.4, -0.2) is 20.7 Å². The van der Waals surface area contributed by atoms with E-state index in [9.17, 15) is 4.79 Å². The predicted molar refractivity (Wildman–Crippen MR) is 89.6 cm³/mol. The molecular formula is C14H19Cl2N5O. The topological polar surface area (TPSA) is 85.8 Å². The number of nitrogens with one attached hydrogen (secondary N) is 1. The quantitative estimate of drug-likeness (QED) is 0.836. The molecule has 0 radical (unpaired) electrons. The van der Waals surface area contributed by atoms with Gasteiger partial charge in [-0.25, -0.2) is 0 Å². The Morgan fingerprint density at radius 2 is 2.14 bits per heavy atom. The number of carbonyl (C=O) groups excluding carboxylic acids is 1. The van der Waals surface area contributed by atoms with Gasteiger partial charge in [-0.1, -0.05) is 6.07 Å². The first-order valence-corrected chi connectivity index (χ1v) is 6.73. The molecule has 2 aromatic rings. The molecule has 0 saturated carbocycles. The van der Waals surface area contributed by atoms with Crippen molar-refractivity contribution in [2.75, 3.05) is 5.73 Å². The Labute approximate surface area is 141 Å². The average Bonchev–Trinajstić information content (AvgIpc) is 3.00. The maximum atomic E-state index is 12.2. The largest absolute Gasteiger partial charge is 0.399 e. The Bertz CT molecular complexity index is 658. The fourth-order valence-electron chi connectivity index (χ4n) is 2.52. The zero-order valence-corrected chi connectivity index (χ0v) is 13.8. The molecule has 1 aliphatic heterocycles. The van der Waals surface area contributed by atoms with Crippen LogP contribution in [0.2, 0.25) is 0 Å². The van der Waals surface area contributed by atoms with Crippen molar-refractivity contribution >= 4 is 36.4 Å². The molecule has 1 aromatic carbocycles. The molecule has 1 aliphatic rings. The van der Waals surface area contributed by atoms with Crippen LogP contribution >= 0.6 is 24.8 Å². The standard InChI is InChI=1S/C14H17N5O.2ClH/c1-9(13-18-17-12-6-3-7-19(12)13)16-14(20)10-4-2-5-11(15)8-10;;/h2,4-5,8-9H,3,6-7,15H2,1H3,(H,16,20);2*1H. The molecule has 1 aromatic heterocycles. The highest BCUT2D eigenvalue weighted by Crippen LogP contribution is 2.19. The molecule has 0 spiro atoms. The van der Waals surface area contributed by atoms with Crippen LogP contribution in [0.25, 0.3) is 0 Å². The molecule has 1 amide bonds. The van der Waals surface area contributed by atoms with Crippen molar-refractivity contribution in [1.82, 2.24) is 20.1 Å². The molecule has 0 saturated heterocycles. The third-order valence-corrected chi connectivity index (χ3v) is 3.52.